The van der Waals surface area contributed by atoms with Crippen molar-refractivity contribution in [2.75, 3.05) is 23.8 Å². The third kappa shape index (κ3) is 5.13. The molecule has 0 aromatic heterocycles. The van der Waals surface area contributed by atoms with E-state index in [9.17, 15) is 4.79 Å². The van der Waals surface area contributed by atoms with Crippen molar-refractivity contribution in [1.29, 1.82) is 0 Å². The van der Waals surface area contributed by atoms with Gasteiger partial charge in [0.05, 0.1) is 6.61 Å². The maximum Gasteiger partial charge on any atom is 0.226 e. The molecule has 0 saturated carbocycles. The monoisotopic (exact) mass is 298 g/mol. The number of hydrogen-bond donors (Lipinski definition) is 2. The molecule has 2 aromatic carbocycles. The van der Waals surface area contributed by atoms with Gasteiger partial charge < -0.3 is 15.4 Å². The van der Waals surface area contributed by atoms with Gasteiger partial charge in [0, 0.05) is 24.3 Å². The number of hydrogen-bond acceptors (Lipinski definition) is 3. The van der Waals surface area contributed by atoms with Gasteiger partial charge in [-0.3, -0.25) is 4.79 Å². The Morgan fingerprint density at radius 2 is 1.86 bits per heavy atom. The summed E-state index contributed by atoms with van der Waals surface area (Å²) in [5.74, 6) is 0.797. The van der Waals surface area contributed by atoms with Crippen LogP contribution in [0.4, 0.5) is 11.4 Å². The van der Waals surface area contributed by atoms with E-state index in [1.807, 2.05) is 56.3 Å². The van der Waals surface area contributed by atoms with Crippen LogP contribution in [0.3, 0.4) is 0 Å². The summed E-state index contributed by atoms with van der Waals surface area (Å²) >= 11 is 0. The van der Waals surface area contributed by atoms with E-state index >= 15 is 0 Å². The Bertz CT molecular complexity index is 609. The molecule has 0 unspecified atom stereocenters. The number of nitrogens with one attached hydrogen (secondary N) is 2. The first kappa shape index (κ1) is 15.9. The van der Waals surface area contributed by atoms with Crippen molar-refractivity contribution in [3.63, 3.8) is 0 Å². The summed E-state index contributed by atoms with van der Waals surface area (Å²) in [5.41, 5.74) is 3.02. The van der Waals surface area contributed by atoms with E-state index in [0.29, 0.717) is 19.6 Å². The highest BCUT2D eigenvalue weighted by atomic mass is 16.5. The Labute approximate surface area is 131 Å². The minimum Gasteiger partial charge on any atom is -0.494 e. The Balaban J connectivity index is 1.75. The van der Waals surface area contributed by atoms with Crippen molar-refractivity contribution < 1.29 is 9.53 Å². The minimum atomic E-state index is -0.00990. The summed E-state index contributed by atoms with van der Waals surface area (Å²) in [4.78, 5) is 11.9. The van der Waals surface area contributed by atoms with Gasteiger partial charge in [-0.15, -0.1) is 0 Å². The predicted octanol–water partition coefficient (Wildman–Crippen LogP) is 3.83. The standard InChI is InChI=1S/C18H22N2O2/c1-3-22-17-9-7-15(8-10-17)20-18(21)11-12-19-16-6-4-5-14(2)13-16/h4-10,13,19H,3,11-12H2,1-2H3,(H,20,21). The summed E-state index contributed by atoms with van der Waals surface area (Å²) in [6.45, 7) is 5.23. The van der Waals surface area contributed by atoms with Crippen molar-refractivity contribution in [2.24, 2.45) is 0 Å². The largest absolute Gasteiger partial charge is 0.494 e. The van der Waals surface area contributed by atoms with Crippen LogP contribution in [-0.2, 0) is 4.79 Å². The molecule has 0 atom stereocenters. The average Bonchev–Trinajstić information content (AvgIpc) is 2.50. The smallest absolute Gasteiger partial charge is 0.226 e. The molecule has 116 valence electrons. The molecule has 0 aliphatic carbocycles. The Morgan fingerprint density at radius 3 is 2.55 bits per heavy atom. The number of carbonyl (C=O) groups excluding carboxylic acids is 1. The van der Waals surface area contributed by atoms with Crippen molar-refractivity contribution in [1.82, 2.24) is 0 Å². The van der Waals surface area contributed by atoms with Crippen LogP contribution in [0.5, 0.6) is 5.75 Å². The number of carbonyl (C=O) groups is 1. The van der Waals surface area contributed by atoms with Crippen LogP contribution in [-0.4, -0.2) is 19.1 Å². The van der Waals surface area contributed by atoms with Gasteiger partial charge >= 0.3 is 0 Å². The average molecular weight is 298 g/mol. The lowest BCUT2D eigenvalue weighted by Crippen LogP contribution is -2.16. The van der Waals surface area contributed by atoms with Gasteiger partial charge in [0.25, 0.3) is 0 Å². The van der Waals surface area contributed by atoms with Crippen LogP contribution in [0.1, 0.15) is 18.9 Å². The molecule has 0 fully saturated rings. The van der Waals surface area contributed by atoms with Crippen LogP contribution in [0.25, 0.3) is 0 Å². The molecule has 0 aliphatic heterocycles. The third-order valence-electron chi connectivity index (χ3n) is 3.15. The number of benzene rings is 2. The van der Waals surface area contributed by atoms with Gasteiger partial charge in [-0.25, -0.2) is 0 Å². The van der Waals surface area contributed by atoms with Crippen LogP contribution >= 0.6 is 0 Å². The lowest BCUT2D eigenvalue weighted by molar-refractivity contribution is -0.115. The van der Waals surface area contributed by atoms with Gasteiger partial charge in [0.1, 0.15) is 5.75 Å². The van der Waals surface area contributed by atoms with E-state index in [1.165, 1.54) is 5.56 Å². The zero-order chi connectivity index (χ0) is 15.8. The van der Waals surface area contributed by atoms with Gasteiger partial charge in [-0.05, 0) is 55.8 Å². The molecule has 0 heterocycles. The summed E-state index contributed by atoms with van der Waals surface area (Å²) in [5, 5.41) is 6.12. The normalized spacial score (nSPS) is 10.1. The van der Waals surface area contributed by atoms with Crippen molar-refractivity contribution >= 4 is 17.3 Å². The molecule has 0 aliphatic rings. The summed E-state index contributed by atoms with van der Waals surface area (Å²) < 4.78 is 5.37. The van der Waals surface area contributed by atoms with Gasteiger partial charge in [-0.1, -0.05) is 12.1 Å². The molecule has 0 bridgehead atoms. The summed E-state index contributed by atoms with van der Waals surface area (Å²) in [7, 11) is 0. The highest BCUT2D eigenvalue weighted by Crippen LogP contribution is 2.15. The van der Waals surface area contributed by atoms with Crippen molar-refractivity contribution in [3.05, 3.63) is 54.1 Å². The second kappa shape index (κ2) is 8.08. The van der Waals surface area contributed by atoms with Gasteiger partial charge in [0.2, 0.25) is 5.91 Å². The molecule has 2 N–H and O–H groups in total. The molecular formula is C18H22N2O2. The van der Waals surface area contributed by atoms with Crippen LogP contribution in [0, 0.1) is 6.92 Å². The highest BCUT2D eigenvalue weighted by Gasteiger charge is 2.02. The number of rotatable bonds is 7. The molecule has 1 amide bonds. The first-order valence-electron chi connectivity index (χ1n) is 7.50. The lowest BCUT2D eigenvalue weighted by Gasteiger charge is -2.09. The zero-order valence-electron chi connectivity index (χ0n) is 13.1. The number of aryl methyl sites for hydroxylation is 1. The molecule has 2 rings (SSSR count). The predicted molar refractivity (Wildman–Crippen MR) is 90.5 cm³/mol. The molecule has 0 saturated heterocycles. The second-order valence-corrected chi connectivity index (χ2v) is 5.05. The molecular weight excluding hydrogens is 276 g/mol. The minimum absolute atomic E-state index is 0.00990. The van der Waals surface area contributed by atoms with Crippen molar-refractivity contribution in [2.45, 2.75) is 20.3 Å². The number of ether oxygens (including phenoxy) is 1. The first-order valence-corrected chi connectivity index (χ1v) is 7.50. The fourth-order valence-corrected chi connectivity index (χ4v) is 2.10. The summed E-state index contributed by atoms with van der Waals surface area (Å²) in [6, 6.07) is 15.5. The fraction of sp³-hybridized carbons (Fsp3) is 0.278. The van der Waals surface area contributed by atoms with E-state index in [1.54, 1.807) is 0 Å². The molecule has 2 aromatic rings. The maximum absolute atomic E-state index is 11.9. The van der Waals surface area contributed by atoms with Crippen LogP contribution in [0.2, 0.25) is 0 Å². The molecule has 4 heteroatoms. The second-order valence-electron chi connectivity index (χ2n) is 5.05. The Morgan fingerprint density at radius 1 is 1.09 bits per heavy atom. The first-order chi connectivity index (χ1) is 10.7. The fourth-order valence-electron chi connectivity index (χ4n) is 2.10. The quantitative estimate of drug-likeness (QED) is 0.816. The van der Waals surface area contributed by atoms with Crippen LogP contribution in [0.15, 0.2) is 48.5 Å². The molecule has 4 nitrogen and oxygen atoms in total. The number of anilines is 2. The molecule has 22 heavy (non-hydrogen) atoms. The third-order valence-corrected chi connectivity index (χ3v) is 3.15. The van der Waals surface area contributed by atoms with E-state index in [-0.39, 0.29) is 5.91 Å². The SMILES string of the molecule is CCOc1ccc(NC(=O)CCNc2cccc(C)c2)cc1. The van der Waals surface area contributed by atoms with Crippen LogP contribution < -0.4 is 15.4 Å². The van der Waals surface area contributed by atoms with E-state index in [0.717, 1.165) is 17.1 Å². The van der Waals surface area contributed by atoms with E-state index < -0.39 is 0 Å². The zero-order valence-corrected chi connectivity index (χ0v) is 13.1. The van der Waals surface area contributed by atoms with Crippen molar-refractivity contribution in [3.8, 4) is 5.75 Å². The Hall–Kier alpha value is -2.49. The van der Waals surface area contributed by atoms with Gasteiger partial charge in [0.15, 0.2) is 0 Å². The summed E-state index contributed by atoms with van der Waals surface area (Å²) in [6.07, 6.45) is 0.418. The molecule has 0 spiro atoms. The van der Waals surface area contributed by atoms with Gasteiger partial charge in [-0.2, -0.15) is 0 Å². The number of amides is 1. The van der Waals surface area contributed by atoms with E-state index in [4.69, 9.17) is 4.74 Å². The maximum atomic E-state index is 11.9. The highest BCUT2D eigenvalue weighted by molar-refractivity contribution is 5.91. The lowest BCUT2D eigenvalue weighted by atomic mass is 10.2. The van der Waals surface area contributed by atoms with E-state index in [2.05, 4.69) is 16.7 Å². The molecule has 0 radical (unpaired) electrons. The topological polar surface area (TPSA) is 50.4 Å². The Kier molecular flexibility index (Phi) is 5.83.